The van der Waals surface area contributed by atoms with E-state index in [-0.39, 0.29) is 23.0 Å². The van der Waals surface area contributed by atoms with Gasteiger partial charge in [0.05, 0.1) is 4.90 Å². The van der Waals surface area contributed by atoms with E-state index < -0.39 is 15.8 Å². The maximum Gasteiger partial charge on any atom is 0.243 e. The summed E-state index contributed by atoms with van der Waals surface area (Å²) in [6, 6.07) is 2.80. The molecule has 0 saturated heterocycles. The zero-order chi connectivity index (χ0) is 14.2. The maximum absolute atomic E-state index is 13.8. The molecule has 1 aliphatic carbocycles. The van der Waals surface area contributed by atoms with Gasteiger partial charge in [-0.1, -0.05) is 6.42 Å². The third-order valence-corrected chi connectivity index (χ3v) is 5.87. The molecular formula is C13H19FN2O2S. The van der Waals surface area contributed by atoms with Crippen molar-refractivity contribution in [2.24, 2.45) is 5.73 Å². The number of rotatable bonds is 4. The van der Waals surface area contributed by atoms with Crippen molar-refractivity contribution in [3.8, 4) is 0 Å². The van der Waals surface area contributed by atoms with Crippen LogP contribution in [0.1, 0.15) is 30.4 Å². The van der Waals surface area contributed by atoms with Gasteiger partial charge in [0.15, 0.2) is 0 Å². The van der Waals surface area contributed by atoms with Crippen molar-refractivity contribution >= 4 is 10.0 Å². The van der Waals surface area contributed by atoms with Crippen molar-refractivity contribution in [1.82, 2.24) is 4.31 Å². The number of benzene rings is 1. The second-order valence-corrected chi connectivity index (χ2v) is 6.98. The molecule has 0 amide bonds. The quantitative estimate of drug-likeness (QED) is 0.917. The zero-order valence-corrected chi connectivity index (χ0v) is 12.0. The Morgan fingerprint density at radius 2 is 2.05 bits per heavy atom. The van der Waals surface area contributed by atoms with E-state index in [1.165, 1.54) is 23.4 Å². The molecular weight excluding hydrogens is 267 g/mol. The van der Waals surface area contributed by atoms with Crippen LogP contribution in [-0.4, -0.2) is 25.8 Å². The minimum atomic E-state index is -3.65. The lowest BCUT2D eigenvalue weighted by molar-refractivity contribution is 0.249. The summed E-state index contributed by atoms with van der Waals surface area (Å²) >= 11 is 0. The van der Waals surface area contributed by atoms with E-state index in [9.17, 15) is 12.8 Å². The van der Waals surface area contributed by atoms with Gasteiger partial charge in [-0.15, -0.1) is 0 Å². The highest BCUT2D eigenvalue weighted by atomic mass is 32.2. The Balaban J connectivity index is 2.47. The molecule has 0 spiro atoms. The highest BCUT2D eigenvalue weighted by molar-refractivity contribution is 7.89. The molecule has 1 aliphatic rings. The Hall–Kier alpha value is -0.980. The van der Waals surface area contributed by atoms with E-state index in [0.717, 1.165) is 19.3 Å². The molecule has 0 atom stereocenters. The Morgan fingerprint density at radius 1 is 1.42 bits per heavy atom. The second kappa shape index (κ2) is 5.19. The van der Waals surface area contributed by atoms with Gasteiger partial charge in [-0.25, -0.2) is 12.8 Å². The highest BCUT2D eigenvalue weighted by Crippen LogP contribution is 2.30. The molecule has 1 saturated carbocycles. The monoisotopic (exact) mass is 286 g/mol. The molecule has 0 aromatic heterocycles. The summed E-state index contributed by atoms with van der Waals surface area (Å²) in [7, 11) is -2.09. The average molecular weight is 286 g/mol. The summed E-state index contributed by atoms with van der Waals surface area (Å²) in [5, 5.41) is 0. The number of nitrogens with two attached hydrogens (primary N) is 1. The first-order valence-electron chi connectivity index (χ1n) is 6.35. The van der Waals surface area contributed by atoms with Gasteiger partial charge in [-0.3, -0.25) is 0 Å². The molecule has 19 heavy (non-hydrogen) atoms. The first kappa shape index (κ1) is 14.4. The predicted octanol–water partition coefficient (Wildman–Crippen LogP) is 1.77. The number of nitrogens with zero attached hydrogens (tertiary/aromatic N) is 1. The molecule has 0 radical (unpaired) electrons. The topological polar surface area (TPSA) is 63.4 Å². The van der Waals surface area contributed by atoms with Crippen LogP contribution in [0.4, 0.5) is 4.39 Å². The minimum absolute atomic E-state index is 0.0300. The number of hydrogen-bond donors (Lipinski definition) is 1. The first-order chi connectivity index (χ1) is 8.87. The number of sulfonamides is 1. The lowest BCUT2D eigenvalue weighted by Gasteiger charge is -2.34. The summed E-state index contributed by atoms with van der Waals surface area (Å²) in [5.74, 6) is -0.525. The summed E-state index contributed by atoms with van der Waals surface area (Å²) < 4.78 is 40.2. The van der Waals surface area contributed by atoms with Crippen molar-refractivity contribution < 1.29 is 12.8 Å². The molecule has 1 aromatic carbocycles. The van der Waals surface area contributed by atoms with Crippen LogP contribution in [0.15, 0.2) is 17.0 Å². The van der Waals surface area contributed by atoms with Crippen LogP contribution in [0.3, 0.4) is 0 Å². The molecule has 4 nitrogen and oxygen atoms in total. The van der Waals surface area contributed by atoms with Crippen LogP contribution in [0.25, 0.3) is 0 Å². The van der Waals surface area contributed by atoms with E-state index in [1.807, 2.05) is 0 Å². The van der Waals surface area contributed by atoms with Crippen LogP contribution in [0.2, 0.25) is 0 Å². The Morgan fingerprint density at radius 3 is 2.53 bits per heavy atom. The van der Waals surface area contributed by atoms with Crippen LogP contribution >= 0.6 is 0 Å². The van der Waals surface area contributed by atoms with Gasteiger partial charge in [-0.05, 0) is 37.5 Å². The van der Waals surface area contributed by atoms with Crippen LogP contribution in [0, 0.1) is 12.7 Å². The molecule has 6 heteroatoms. The van der Waals surface area contributed by atoms with Crippen molar-refractivity contribution in [2.75, 3.05) is 7.05 Å². The van der Waals surface area contributed by atoms with Gasteiger partial charge < -0.3 is 5.73 Å². The third-order valence-electron chi connectivity index (χ3n) is 3.84. The second-order valence-electron chi connectivity index (χ2n) is 5.01. The molecule has 1 aromatic rings. The number of halogens is 1. The standard InChI is InChI=1S/C13H19FN2O2S/c1-9-12(14)6-10(8-15)7-13(9)19(17,18)16(2)11-4-3-5-11/h6-7,11H,3-5,8,15H2,1-2H3. The summed E-state index contributed by atoms with van der Waals surface area (Å²) in [6.07, 6.45) is 2.78. The highest BCUT2D eigenvalue weighted by Gasteiger charge is 2.33. The molecule has 2 rings (SSSR count). The Bertz CT molecular complexity index is 583. The van der Waals surface area contributed by atoms with Crippen LogP contribution in [0.5, 0.6) is 0 Å². The lowest BCUT2D eigenvalue weighted by Crippen LogP contribution is -2.41. The van der Waals surface area contributed by atoms with Crippen molar-refractivity contribution in [1.29, 1.82) is 0 Å². The third kappa shape index (κ3) is 2.52. The van der Waals surface area contributed by atoms with E-state index in [2.05, 4.69) is 0 Å². The molecule has 0 unspecified atom stereocenters. The first-order valence-corrected chi connectivity index (χ1v) is 7.79. The molecule has 0 heterocycles. The van der Waals surface area contributed by atoms with E-state index >= 15 is 0 Å². The Kier molecular flexibility index (Phi) is 3.94. The SMILES string of the molecule is Cc1c(F)cc(CN)cc1S(=O)(=O)N(C)C1CCC1. The van der Waals surface area contributed by atoms with E-state index in [1.54, 1.807) is 7.05 Å². The van der Waals surface area contributed by atoms with Crippen LogP contribution in [-0.2, 0) is 16.6 Å². The van der Waals surface area contributed by atoms with Crippen LogP contribution < -0.4 is 5.73 Å². The van der Waals surface area contributed by atoms with E-state index in [0.29, 0.717) is 5.56 Å². The molecule has 2 N–H and O–H groups in total. The average Bonchev–Trinajstić information content (AvgIpc) is 2.29. The fourth-order valence-electron chi connectivity index (χ4n) is 2.19. The van der Waals surface area contributed by atoms with Gasteiger partial charge >= 0.3 is 0 Å². The molecule has 1 fully saturated rings. The largest absolute Gasteiger partial charge is 0.326 e. The minimum Gasteiger partial charge on any atom is -0.326 e. The van der Waals surface area contributed by atoms with Crippen molar-refractivity contribution in [2.45, 2.75) is 43.7 Å². The lowest BCUT2D eigenvalue weighted by atomic mass is 9.94. The molecule has 0 aliphatic heterocycles. The smallest absolute Gasteiger partial charge is 0.243 e. The van der Waals surface area contributed by atoms with Gasteiger partial charge in [-0.2, -0.15) is 4.31 Å². The summed E-state index contributed by atoms with van der Waals surface area (Å²) in [5.41, 5.74) is 6.12. The molecule has 106 valence electrons. The van der Waals surface area contributed by atoms with Crippen molar-refractivity contribution in [3.05, 3.63) is 29.1 Å². The van der Waals surface area contributed by atoms with Gasteiger partial charge in [0, 0.05) is 25.2 Å². The normalized spacial score (nSPS) is 16.7. The van der Waals surface area contributed by atoms with Gasteiger partial charge in [0.1, 0.15) is 5.82 Å². The fourth-order valence-corrected chi connectivity index (χ4v) is 3.89. The zero-order valence-electron chi connectivity index (χ0n) is 11.2. The summed E-state index contributed by atoms with van der Waals surface area (Å²) in [6.45, 7) is 1.60. The van der Waals surface area contributed by atoms with Gasteiger partial charge in [0.25, 0.3) is 0 Å². The molecule has 0 bridgehead atoms. The fraction of sp³-hybridized carbons (Fsp3) is 0.538. The van der Waals surface area contributed by atoms with Crippen molar-refractivity contribution in [3.63, 3.8) is 0 Å². The van der Waals surface area contributed by atoms with Gasteiger partial charge in [0.2, 0.25) is 10.0 Å². The maximum atomic E-state index is 13.8. The van der Waals surface area contributed by atoms with E-state index in [4.69, 9.17) is 5.73 Å². The Labute approximate surface area is 113 Å². The number of hydrogen-bond acceptors (Lipinski definition) is 3. The predicted molar refractivity (Wildman–Crippen MR) is 71.6 cm³/mol. The summed E-state index contributed by atoms with van der Waals surface area (Å²) in [4.78, 5) is 0.0300.